The fraction of sp³-hybridized carbons (Fsp3) is 0.348. The molecule has 1 amide bonds. The van der Waals surface area contributed by atoms with Gasteiger partial charge in [0.2, 0.25) is 0 Å². The van der Waals surface area contributed by atoms with Crippen molar-refractivity contribution >= 4 is 11.7 Å². The SMILES string of the molecule is C=C(c1ccc(OC)c(OC(=O)N(CC)CC)c1)c1cc(C)c(C)c(OC)c1. The molecule has 0 aliphatic carbocycles. The number of hydrogen-bond donors (Lipinski definition) is 0. The van der Waals surface area contributed by atoms with Crippen molar-refractivity contribution in [2.24, 2.45) is 0 Å². The maximum absolute atomic E-state index is 12.4. The molecule has 0 unspecified atom stereocenters. The van der Waals surface area contributed by atoms with E-state index >= 15 is 0 Å². The lowest BCUT2D eigenvalue weighted by molar-refractivity contribution is 0.155. The Kier molecular flexibility index (Phi) is 7.10. The topological polar surface area (TPSA) is 48.0 Å². The summed E-state index contributed by atoms with van der Waals surface area (Å²) in [6, 6.07) is 9.51. The first-order valence-corrected chi connectivity index (χ1v) is 9.35. The van der Waals surface area contributed by atoms with Crippen LogP contribution in [0.5, 0.6) is 17.2 Å². The number of carbonyl (C=O) groups is 1. The normalized spacial score (nSPS) is 10.4. The highest BCUT2D eigenvalue weighted by Gasteiger charge is 2.17. The number of nitrogens with zero attached hydrogens (tertiary/aromatic N) is 1. The van der Waals surface area contributed by atoms with Gasteiger partial charge in [-0.2, -0.15) is 0 Å². The second kappa shape index (κ2) is 9.31. The van der Waals surface area contributed by atoms with Crippen LogP contribution in [0.4, 0.5) is 4.79 Å². The van der Waals surface area contributed by atoms with E-state index in [0.29, 0.717) is 24.6 Å². The van der Waals surface area contributed by atoms with Crippen molar-refractivity contribution in [3.8, 4) is 17.2 Å². The third-order valence-electron chi connectivity index (χ3n) is 4.92. The van der Waals surface area contributed by atoms with Crippen LogP contribution in [0.2, 0.25) is 0 Å². The predicted octanol–water partition coefficient (Wildman–Crippen LogP) is 5.22. The van der Waals surface area contributed by atoms with Gasteiger partial charge in [0.15, 0.2) is 11.5 Å². The van der Waals surface area contributed by atoms with E-state index in [1.807, 2.05) is 39.8 Å². The third kappa shape index (κ3) is 4.47. The van der Waals surface area contributed by atoms with Crippen LogP contribution in [0.1, 0.15) is 36.1 Å². The van der Waals surface area contributed by atoms with Gasteiger partial charge in [-0.05, 0) is 73.7 Å². The summed E-state index contributed by atoms with van der Waals surface area (Å²) in [5, 5.41) is 0. The predicted molar refractivity (Wildman–Crippen MR) is 113 cm³/mol. The Morgan fingerprint density at radius 3 is 2.11 bits per heavy atom. The zero-order valence-corrected chi connectivity index (χ0v) is 17.6. The molecule has 5 heteroatoms. The summed E-state index contributed by atoms with van der Waals surface area (Å²) >= 11 is 0. The zero-order chi connectivity index (χ0) is 20.8. The summed E-state index contributed by atoms with van der Waals surface area (Å²) in [7, 11) is 3.21. The van der Waals surface area contributed by atoms with E-state index in [-0.39, 0.29) is 0 Å². The smallest absolute Gasteiger partial charge is 0.415 e. The first-order valence-electron chi connectivity index (χ1n) is 9.35. The summed E-state index contributed by atoms with van der Waals surface area (Å²) < 4.78 is 16.4. The Labute approximate surface area is 167 Å². The number of aryl methyl sites for hydroxylation is 1. The second-order valence-electron chi connectivity index (χ2n) is 6.50. The van der Waals surface area contributed by atoms with Crippen LogP contribution in [0.25, 0.3) is 5.57 Å². The van der Waals surface area contributed by atoms with Gasteiger partial charge in [0, 0.05) is 13.1 Å². The van der Waals surface area contributed by atoms with Gasteiger partial charge in [0.05, 0.1) is 14.2 Å². The lowest BCUT2D eigenvalue weighted by Gasteiger charge is -2.19. The average Bonchev–Trinajstić information content (AvgIpc) is 2.70. The van der Waals surface area contributed by atoms with Crippen LogP contribution in [-0.4, -0.2) is 38.3 Å². The number of rotatable bonds is 7. The maximum Gasteiger partial charge on any atom is 0.415 e. The number of methoxy groups -OCH3 is 2. The van der Waals surface area contributed by atoms with Crippen molar-refractivity contribution in [2.45, 2.75) is 27.7 Å². The molecule has 0 spiro atoms. The van der Waals surface area contributed by atoms with E-state index in [4.69, 9.17) is 14.2 Å². The van der Waals surface area contributed by atoms with Crippen LogP contribution >= 0.6 is 0 Å². The lowest BCUT2D eigenvalue weighted by atomic mass is 9.95. The van der Waals surface area contributed by atoms with E-state index in [2.05, 4.69) is 12.6 Å². The summed E-state index contributed by atoms with van der Waals surface area (Å²) in [4.78, 5) is 14.0. The summed E-state index contributed by atoms with van der Waals surface area (Å²) in [6.45, 7) is 13.3. The second-order valence-corrected chi connectivity index (χ2v) is 6.50. The van der Waals surface area contributed by atoms with Crippen LogP contribution in [-0.2, 0) is 0 Å². The van der Waals surface area contributed by atoms with Crippen molar-refractivity contribution in [3.05, 3.63) is 59.2 Å². The molecule has 0 aromatic heterocycles. The highest BCUT2D eigenvalue weighted by Crippen LogP contribution is 2.35. The molecule has 0 aliphatic heterocycles. The van der Waals surface area contributed by atoms with Crippen LogP contribution < -0.4 is 14.2 Å². The largest absolute Gasteiger partial charge is 0.496 e. The van der Waals surface area contributed by atoms with Crippen molar-refractivity contribution in [1.82, 2.24) is 4.90 Å². The highest BCUT2D eigenvalue weighted by atomic mass is 16.6. The van der Waals surface area contributed by atoms with Gasteiger partial charge >= 0.3 is 6.09 Å². The molecule has 0 N–H and O–H groups in total. The van der Waals surface area contributed by atoms with Gasteiger partial charge in [-0.15, -0.1) is 0 Å². The van der Waals surface area contributed by atoms with Crippen molar-refractivity contribution < 1.29 is 19.0 Å². The molecule has 0 saturated carbocycles. The van der Waals surface area contributed by atoms with E-state index < -0.39 is 6.09 Å². The number of hydrogen-bond acceptors (Lipinski definition) is 4. The molecule has 0 aliphatic rings. The minimum absolute atomic E-state index is 0.369. The highest BCUT2D eigenvalue weighted by molar-refractivity contribution is 5.81. The molecule has 5 nitrogen and oxygen atoms in total. The fourth-order valence-corrected chi connectivity index (χ4v) is 2.96. The molecule has 0 atom stereocenters. The third-order valence-corrected chi connectivity index (χ3v) is 4.92. The van der Waals surface area contributed by atoms with E-state index in [9.17, 15) is 4.79 Å². The molecule has 0 fully saturated rings. The first kappa shape index (κ1) is 21.4. The Bertz CT molecular complexity index is 869. The minimum atomic E-state index is -0.404. The van der Waals surface area contributed by atoms with Gasteiger partial charge in [-0.25, -0.2) is 4.79 Å². The summed E-state index contributed by atoms with van der Waals surface area (Å²) in [5.41, 5.74) is 4.82. The number of benzene rings is 2. The average molecular weight is 383 g/mol. The van der Waals surface area contributed by atoms with Gasteiger partial charge in [-0.3, -0.25) is 0 Å². The van der Waals surface area contributed by atoms with Gasteiger partial charge in [0.1, 0.15) is 5.75 Å². The van der Waals surface area contributed by atoms with Crippen LogP contribution in [0.3, 0.4) is 0 Å². The Balaban J connectivity index is 2.40. The standard InChI is InChI=1S/C23H29NO4/c1-8-24(9-2)23(25)28-22-13-18(10-11-20(22)26-6)17(5)19-12-15(3)16(4)21(14-19)27-7/h10-14H,5,8-9H2,1-4,6-7H3. The van der Waals surface area contributed by atoms with Crippen molar-refractivity contribution in [2.75, 3.05) is 27.3 Å². The molecule has 2 aromatic carbocycles. The molecule has 150 valence electrons. The molecule has 0 heterocycles. The number of carbonyl (C=O) groups excluding carboxylic acids is 1. The maximum atomic E-state index is 12.4. The quantitative estimate of drug-likeness (QED) is 0.657. The Morgan fingerprint density at radius 2 is 1.54 bits per heavy atom. The lowest BCUT2D eigenvalue weighted by Crippen LogP contribution is -2.33. The summed E-state index contributed by atoms with van der Waals surface area (Å²) in [6.07, 6.45) is -0.404. The van der Waals surface area contributed by atoms with Gasteiger partial charge in [0.25, 0.3) is 0 Å². The van der Waals surface area contributed by atoms with Crippen molar-refractivity contribution in [1.29, 1.82) is 0 Å². The zero-order valence-electron chi connectivity index (χ0n) is 17.6. The fourth-order valence-electron chi connectivity index (χ4n) is 2.96. The van der Waals surface area contributed by atoms with Gasteiger partial charge in [-0.1, -0.05) is 18.7 Å². The van der Waals surface area contributed by atoms with Crippen LogP contribution in [0.15, 0.2) is 36.9 Å². The number of ether oxygens (including phenoxy) is 3. The van der Waals surface area contributed by atoms with E-state index in [1.54, 1.807) is 31.3 Å². The van der Waals surface area contributed by atoms with E-state index in [0.717, 1.165) is 33.6 Å². The Hall–Kier alpha value is -2.95. The number of amides is 1. The Morgan fingerprint density at radius 1 is 0.929 bits per heavy atom. The molecular weight excluding hydrogens is 354 g/mol. The molecule has 2 aromatic rings. The first-order chi connectivity index (χ1) is 13.4. The molecule has 0 radical (unpaired) electrons. The molecule has 0 saturated heterocycles. The molecule has 28 heavy (non-hydrogen) atoms. The summed E-state index contributed by atoms with van der Waals surface area (Å²) in [5.74, 6) is 1.68. The molecular formula is C23H29NO4. The van der Waals surface area contributed by atoms with E-state index in [1.165, 1.54) is 0 Å². The molecule has 0 bridgehead atoms. The van der Waals surface area contributed by atoms with Crippen molar-refractivity contribution in [3.63, 3.8) is 0 Å². The van der Waals surface area contributed by atoms with Gasteiger partial charge < -0.3 is 19.1 Å². The molecule has 2 rings (SSSR count). The minimum Gasteiger partial charge on any atom is -0.496 e. The van der Waals surface area contributed by atoms with Crippen LogP contribution in [0, 0.1) is 13.8 Å². The monoisotopic (exact) mass is 383 g/mol.